The van der Waals surface area contributed by atoms with E-state index in [0.29, 0.717) is 0 Å². The lowest BCUT2D eigenvalue weighted by molar-refractivity contribution is -0.142. The van der Waals surface area contributed by atoms with E-state index in [-0.39, 0.29) is 28.7 Å². The predicted octanol–water partition coefficient (Wildman–Crippen LogP) is 7.62. The summed E-state index contributed by atoms with van der Waals surface area (Å²) in [6.07, 6.45) is -9.94. The Kier molecular flexibility index (Phi) is 5.24. The van der Waals surface area contributed by atoms with Crippen molar-refractivity contribution in [1.82, 2.24) is 0 Å². The summed E-state index contributed by atoms with van der Waals surface area (Å²) in [7, 11) is 0. The average molecular weight is 394 g/mol. The minimum absolute atomic E-state index is 0.0490. The average Bonchev–Trinajstić information content (AvgIpc) is 2.66. The fraction of sp³-hybridized carbons (Fsp3) is 0.182. The minimum atomic E-state index is -4.97. The fourth-order valence-electron chi connectivity index (χ4n) is 3.37. The van der Waals surface area contributed by atoms with Gasteiger partial charge in [-0.1, -0.05) is 67.6 Å². The summed E-state index contributed by atoms with van der Waals surface area (Å²) in [5.41, 5.74) is -3.64. The van der Waals surface area contributed by atoms with Gasteiger partial charge >= 0.3 is 12.4 Å². The van der Waals surface area contributed by atoms with E-state index in [2.05, 4.69) is 0 Å². The van der Waals surface area contributed by atoms with Gasteiger partial charge in [-0.2, -0.15) is 26.3 Å². The summed E-state index contributed by atoms with van der Waals surface area (Å²) >= 11 is 0. The van der Waals surface area contributed by atoms with E-state index in [1.807, 2.05) is 0 Å². The molecule has 0 aliphatic carbocycles. The van der Waals surface area contributed by atoms with E-state index >= 15 is 0 Å². The van der Waals surface area contributed by atoms with Gasteiger partial charge < -0.3 is 0 Å². The van der Waals surface area contributed by atoms with Crippen LogP contribution in [0.4, 0.5) is 26.3 Å². The van der Waals surface area contributed by atoms with E-state index in [1.54, 1.807) is 24.3 Å². The van der Waals surface area contributed by atoms with Crippen LogP contribution in [0.5, 0.6) is 0 Å². The third-order valence-electron chi connectivity index (χ3n) is 4.50. The molecule has 0 nitrogen and oxygen atoms in total. The highest BCUT2D eigenvalue weighted by Gasteiger charge is 2.44. The van der Waals surface area contributed by atoms with Crippen molar-refractivity contribution in [2.24, 2.45) is 0 Å². The zero-order valence-electron chi connectivity index (χ0n) is 14.8. The minimum Gasteiger partial charge on any atom is -0.166 e. The second-order valence-electron chi connectivity index (χ2n) is 6.29. The van der Waals surface area contributed by atoms with E-state index in [4.69, 9.17) is 0 Å². The van der Waals surface area contributed by atoms with Gasteiger partial charge in [-0.25, -0.2) is 0 Å². The molecular formula is C22H16F6. The molecule has 0 amide bonds. The van der Waals surface area contributed by atoms with Crippen LogP contribution in [-0.2, 0) is 18.8 Å². The molecule has 3 rings (SSSR count). The van der Waals surface area contributed by atoms with E-state index in [9.17, 15) is 26.3 Å². The lowest BCUT2D eigenvalue weighted by Gasteiger charge is -2.25. The molecular weight excluding hydrogens is 378 g/mol. The Morgan fingerprint density at radius 3 is 1.54 bits per heavy atom. The van der Waals surface area contributed by atoms with E-state index in [0.717, 1.165) is 6.07 Å². The van der Waals surface area contributed by atoms with Crippen molar-refractivity contribution in [2.45, 2.75) is 25.7 Å². The number of alkyl halides is 6. The molecule has 3 aromatic rings. The Balaban J connectivity index is 2.55. The Morgan fingerprint density at radius 1 is 0.643 bits per heavy atom. The quantitative estimate of drug-likeness (QED) is 0.401. The van der Waals surface area contributed by atoms with E-state index < -0.39 is 29.0 Å². The first-order valence-electron chi connectivity index (χ1n) is 8.59. The van der Waals surface area contributed by atoms with Gasteiger partial charge in [0.25, 0.3) is 0 Å². The van der Waals surface area contributed by atoms with Crippen molar-refractivity contribution >= 4 is 0 Å². The van der Waals surface area contributed by atoms with Crippen molar-refractivity contribution in [3.05, 3.63) is 83.4 Å². The molecule has 0 aromatic heterocycles. The summed E-state index contributed by atoms with van der Waals surface area (Å²) in [4.78, 5) is 0. The maximum Gasteiger partial charge on any atom is 0.417 e. The molecule has 146 valence electrons. The van der Waals surface area contributed by atoms with Crippen LogP contribution in [0.15, 0.2) is 66.7 Å². The van der Waals surface area contributed by atoms with Gasteiger partial charge in [-0.05, 0) is 34.7 Å². The Labute approximate surface area is 158 Å². The van der Waals surface area contributed by atoms with Crippen LogP contribution < -0.4 is 0 Å². The normalized spacial score (nSPS) is 12.2. The third kappa shape index (κ3) is 3.77. The molecule has 0 unspecified atom stereocenters. The van der Waals surface area contributed by atoms with Crippen molar-refractivity contribution in [3.8, 4) is 22.3 Å². The maximum atomic E-state index is 14.1. The van der Waals surface area contributed by atoms with Crippen LogP contribution in [0.25, 0.3) is 22.3 Å². The molecule has 0 saturated heterocycles. The molecule has 0 aliphatic rings. The van der Waals surface area contributed by atoms with Crippen LogP contribution in [0.1, 0.15) is 23.6 Å². The third-order valence-corrected chi connectivity index (χ3v) is 4.50. The summed E-state index contributed by atoms with van der Waals surface area (Å²) in [5.74, 6) is 0. The van der Waals surface area contributed by atoms with E-state index in [1.165, 1.54) is 43.3 Å². The van der Waals surface area contributed by atoms with Gasteiger partial charge in [-0.3, -0.25) is 0 Å². The number of hydrogen-bond acceptors (Lipinski definition) is 0. The molecule has 0 bridgehead atoms. The molecule has 0 aliphatic heterocycles. The molecule has 0 radical (unpaired) electrons. The van der Waals surface area contributed by atoms with Crippen LogP contribution in [-0.4, -0.2) is 0 Å². The highest BCUT2D eigenvalue weighted by Crippen LogP contribution is 2.50. The van der Waals surface area contributed by atoms with Crippen LogP contribution >= 0.6 is 0 Å². The van der Waals surface area contributed by atoms with Crippen LogP contribution in [0.3, 0.4) is 0 Å². The number of aryl methyl sites for hydroxylation is 1. The first-order valence-corrected chi connectivity index (χ1v) is 8.59. The Bertz CT molecular complexity index is 954. The summed E-state index contributed by atoms with van der Waals surface area (Å²) in [5, 5.41) is 0. The van der Waals surface area contributed by atoms with Gasteiger partial charge in [0, 0.05) is 5.56 Å². The fourth-order valence-corrected chi connectivity index (χ4v) is 3.37. The van der Waals surface area contributed by atoms with Crippen molar-refractivity contribution < 1.29 is 26.3 Å². The monoisotopic (exact) mass is 394 g/mol. The predicted molar refractivity (Wildman–Crippen MR) is 96.7 cm³/mol. The van der Waals surface area contributed by atoms with Gasteiger partial charge in [-0.15, -0.1) is 0 Å². The van der Waals surface area contributed by atoms with Crippen molar-refractivity contribution in [1.29, 1.82) is 0 Å². The molecule has 0 fully saturated rings. The van der Waals surface area contributed by atoms with Gasteiger partial charge in [0.1, 0.15) is 0 Å². The second kappa shape index (κ2) is 7.34. The molecule has 0 heterocycles. The van der Waals surface area contributed by atoms with Crippen LogP contribution in [0.2, 0.25) is 0 Å². The summed E-state index contributed by atoms with van der Waals surface area (Å²) < 4.78 is 84.1. The molecule has 6 heteroatoms. The number of rotatable bonds is 3. The maximum absolute atomic E-state index is 14.1. The topological polar surface area (TPSA) is 0 Å². The molecule has 0 saturated carbocycles. The first kappa shape index (κ1) is 20.0. The molecule has 3 aromatic carbocycles. The van der Waals surface area contributed by atoms with Gasteiger partial charge in [0.05, 0.1) is 11.1 Å². The molecule has 28 heavy (non-hydrogen) atoms. The summed E-state index contributed by atoms with van der Waals surface area (Å²) in [6, 6.07) is 15.6. The Hall–Kier alpha value is -2.76. The highest BCUT2D eigenvalue weighted by atomic mass is 19.4. The van der Waals surface area contributed by atoms with Gasteiger partial charge in [0.2, 0.25) is 0 Å². The van der Waals surface area contributed by atoms with Gasteiger partial charge in [0.15, 0.2) is 0 Å². The zero-order valence-corrected chi connectivity index (χ0v) is 14.8. The SMILES string of the molecule is CCc1cc(-c2ccccc2)c(C(F)(F)F)c(-c2ccccc2)c1C(F)(F)F. The molecule has 0 atom stereocenters. The number of hydrogen-bond donors (Lipinski definition) is 0. The number of benzene rings is 3. The first-order chi connectivity index (χ1) is 13.1. The lowest BCUT2D eigenvalue weighted by atomic mass is 9.84. The Morgan fingerprint density at radius 2 is 1.11 bits per heavy atom. The summed E-state index contributed by atoms with van der Waals surface area (Å²) in [6.45, 7) is 1.50. The zero-order chi connectivity index (χ0) is 20.5. The highest BCUT2D eigenvalue weighted by molar-refractivity contribution is 5.83. The lowest BCUT2D eigenvalue weighted by Crippen LogP contribution is -2.18. The second-order valence-corrected chi connectivity index (χ2v) is 6.29. The van der Waals surface area contributed by atoms with Crippen molar-refractivity contribution in [2.75, 3.05) is 0 Å². The number of halogens is 6. The smallest absolute Gasteiger partial charge is 0.166 e. The standard InChI is InChI=1S/C22H16F6/c1-2-14-13-17(15-9-5-3-6-10-15)20(22(26,27)28)18(19(14)21(23,24)25)16-11-7-4-8-12-16/h3-13H,2H2,1H3. The van der Waals surface area contributed by atoms with Crippen molar-refractivity contribution in [3.63, 3.8) is 0 Å². The molecule has 0 spiro atoms. The molecule has 0 N–H and O–H groups in total. The largest absolute Gasteiger partial charge is 0.417 e. The van der Waals surface area contributed by atoms with Crippen LogP contribution in [0, 0.1) is 0 Å².